The van der Waals surface area contributed by atoms with Crippen molar-refractivity contribution in [3.8, 4) is 11.3 Å². The van der Waals surface area contributed by atoms with Crippen LogP contribution in [0.5, 0.6) is 0 Å². The molecular weight excluding hydrogens is 398 g/mol. The van der Waals surface area contributed by atoms with Gasteiger partial charge in [-0.05, 0) is 29.7 Å². The molecule has 27 heavy (non-hydrogen) atoms. The summed E-state index contributed by atoms with van der Waals surface area (Å²) in [7, 11) is 0. The van der Waals surface area contributed by atoms with Crippen molar-refractivity contribution < 1.29 is 4.79 Å². The van der Waals surface area contributed by atoms with E-state index in [4.69, 9.17) is 11.6 Å². The number of thiazole rings is 1. The van der Waals surface area contributed by atoms with Crippen LogP contribution in [0.3, 0.4) is 0 Å². The summed E-state index contributed by atoms with van der Waals surface area (Å²) in [4.78, 5) is 16.5. The van der Waals surface area contributed by atoms with Crippen molar-refractivity contribution in [1.29, 1.82) is 0 Å². The second kappa shape index (κ2) is 9.69. The fourth-order valence-corrected chi connectivity index (χ4v) is 4.01. The molecule has 0 aliphatic heterocycles. The van der Waals surface area contributed by atoms with Gasteiger partial charge in [-0.3, -0.25) is 4.79 Å². The first-order chi connectivity index (χ1) is 13.1. The summed E-state index contributed by atoms with van der Waals surface area (Å²) in [5.74, 6) is 0.101. The second-order valence-corrected chi connectivity index (χ2v) is 8.20. The molecule has 3 aromatic rings. The Kier molecular flexibility index (Phi) is 7.04. The monoisotopic (exact) mass is 415 g/mol. The number of benzene rings is 2. The molecule has 138 valence electrons. The van der Waals surface area contributed by atoms with Crippen LogP contribution in [0.25, 0.3) is 11.3 Å². The third-order valence-corrected chi connectivity index (χ3v) is 6.01. The number of hydrogen-bond acceptors (Lipinski definition) is 5. The summed E-state index contributed by atoms with van der Waals surface area (Å²) in [6.07, 6.45) is 2.64. The van der Waals surface area contributed by atoms with Gasteiger partial charge in [-0.15, -0.1) is 11.3 Å². The van der Waals surface area contributed by atoms with Crippen LogP contribution in [0.2, 0.25) is 5.02 Å². The summed E-state index contributed by atoms with van der Waals surface area (Å²) in [6.45, 7) is 2.11. The quantitative estimate of drug-likeness (QED) is 0.325. The van der Waals surface area contributed by atoms with Gasteiger partial charge in [0.05, 0.1) is 17.7 Å². The van der Waals surface area contributed by atoms with E-state index >= 15 is 0 Å². The van der Waals surface area contributed by atoms with Crippen LogP contribution in [0.4, 0.5) is 0 Å². The molecule has 2 aromatic carbocycles. The van der Waals surface area contributed by atoms with Crippen molar-refractivity contribution >= 4 is 46.8 Å². The molecule has 3 rings (SSSR count). The average Bonchev–Trinajstić information content (AvgIpc) is 3.16. The molecule has 0 unspecified atom stereocenters. The van der Waals surface area contributed by atoms with Gasteiger partial charge in [0.25, 0.3) is 5.91 Å². The van der Waals surface area contributed by atoms with E-state index in [-0.39, 0.29) is 11.7 Å². The fraction of sp³-hybridized carbons (Fsp3) is 0.150. The Morgan fingerprint density at radius 3 is 2.67 bits per heavy atom. The minimum absolute atomic E-state index is 0.162. The topological polar surface area (TPSA) is 54.4 Å². The maximum atomic E-state index is 11.9. The Labute approximate surface area is 171 Å². The van der Waals surface area contributed by atoms with Crippen molar-refractivity contribution in [2.24, 2.45) is 5.10 Å². The standard InChI is InChI=1S/C20H18ClN3OS2/c1-2-14-3-5-15(6-4-14)11-22-24-19(25)13-27-20-23-18(12-26-20)16-7-9-17(21)10-8-16/h3-12H,2,13H2,1H3,(H,24,25)/b22-11+. The molecule has 0 aliphatic rings. The summed E-state index contributed by atoms with van der Waals surface area (Å²) < 4.78 is 0.842. The zero-order chi connectivity index (χ0) is 19.1. The number of amides is 1. The Morgan fingerprint density at radius 1 is 1.22 bits per heavy atom. The molecule has 0 aliphatic carbocycles. The zero-order valence-electron chi connectivity index (χ0n) is 14.7. The maximum absolute atomic E-state index is 11.9. The number of aryl methyl sites for hydroxylation is 1. The Bertz CT molecular complexity index is 921. The average molecular weight is 416 g/mol. The minimum atomic E-state index is -0.162. The van der Waals surface area contributed by atoms with Gasteiger partial charge in [-0.25, -0.2) is 10.4 Å². The largest absolute Gasteiger partial charge is 0.272 e. The summed E-state index contributed by atoms with van der Waals surface area (Å²) in [5.41, 5.74) is 6.66. The van der Waals surface area contributed by atoms with E-state index in [1.54, 1.807) is 6.21 Å². The van der Waals surface area contributed by atoms with Crippen LogP contribution < -0.4 is 5.43 Å². The number of nitrogens with zero attached hydrogens (tertiary/aromatic N) is 2. The summed E-state index contributed by atoms with van der Waals surface area (Å²) in [6, 6.07) is 15.6. The van der Waals surface area contributed by atoms with Crippen molar-refractivity contribution in [1.82, 2.24) is 10.4 Å². The van der Waals surface area contributed by atoms with E-state index in [2.05, 4.69) is 34.6 Å². The Balaban J connectivity index is 1.47. The van der Waals surface area contributed by atoms with Gasteiger partial charge in [0.1, 0.15) is 0 Å². The first kappa shape index (κ1) is 19.6. The van der Waals surface area contributed by atoms with Crippen molar-refractivity contribution in [2.75, 3.05) is 5.75 Å². The van der Waals surface area contributed by atoms with Crippen molar-refractivity contribution in [3.05, 3.63) is 70.1 Å². The van der Waals surface area contributed by atoms with Crippen LogP contribution in [-0.2, 0) is 11.2 Å². The number of hydrogen-bond donors (Lipinski definition) is 1. The summed E-state index contributed by atoms with van der Waals surface area (Å²) in [5, 5.41) is 6.67. The van der Waals surface area contributed by atoms with Gasteiger partial charge in [-0.2, -0.15) is 5.10 Å². The van der Waals surface area contributed by atoms with Gasteiger partial charge in [0, 0.05) is 16.0 Å². The first-order valence-corrected chi connectivity index (χ1v) is 10.6. The molecule has 7 heteroatoms. The molecule has 0 saturated carbocycles. The van der Waals surface area contributed by atoms with Gasteiger partial charge >= 0.3 is 0 Å². The molecular formula is C20H18ClN3OS2. The van der Waals surface area contributed by atoms with E-state index in [1.165, 1.54) is 28.7 Å². The highest BCUT2D eigenvalue weighted by Gasteiger charge is 2.07. The van der Waals surface area contributed by atoms with E-state index in [9.17, 15) is 4.79 Å². The number of hydrazone groups is 1. The molecule has 4 nitrogen and oxygen atoms in total. The molecule has 1 N–H and O–H groups in total. The Hall–Kier alpha value is -2.15. The van der Waals surface area contributed by atoms with Crippen LogP contribution in [0, 0.1) is 0 Å². The minimum Gasteiger partial charge on any atom is -0.272 e. The number of halogens is 1. The molecule has 0 spiro atoms. The van der Waals surface area contributed by atoms with E-state index in [1.807, 2.05) is 41.8 Å². The van der Waals surface area contributed by atoms with Gasteiger partial charge in [0.2, 0.25) is 0 Å². The zero-order valence-corrected chi connectivity index (χ0v) is 17.1. The van der Waals surface area contributed by atoms with Crippen LogP contribution in [-0.4, -0.2) is 22.9 Å². The van der Waals surface area contributed by atoms with E-state index < -0.39 is 0 Å². The first-order valence-electron chi connectivity index (χ1n) is 8.39. The fourth-order valence-electron chi connectivity index (χ4n) is 2.25. The Morgan fingerprint density at radius 2 is 1.96 bits per heavy atom. The van der Waals surface area contributed by atoms with Crippen molar-refractivity contribution in [2.45, 2.75) is 17.7 Å². The molecule has 0 saturated heterocycles. The highest BCUT2D eigenvalue weighted by atomic mass is 35.5. The maximum Gasteiger partial charge on any atom is 0.250 e. The lowest BCUT2D eigenvalue weighted by Crippen LogP contribution is -2.19. The molecule has 0 fully saturated rings. The molecule has 1 amide bonds. The van der Waals surface area contributed by atoms with E-state index in [0.717, 1.165) is 27.6 Å². The number of rotatable bonds is 7. The second-order valence-electron chi connectivity index (χ2n) is 5.68. The van der Waals surface area contributed by atoms with Crippen LogP contribution >= 0.6 is 34.7 Å². The van der Waals surface area contributed by atoms with Gasteiger partial charge in [-0.1, -0.05) is 66.7 Å². The lowest BCUT2D eigenvalue weighted by atomic mass is 10.1. The van der Waals surface area contributed by atoms with Crippen LogP contribution in [0.15, 0.2) is 63.4 Å². The number of thioether (sulfide) groups is 1. The SMILES string of the molecule is CCc1ccc(/C=N/NC(=O)CSc2nc(-c3ccc(Cl)cc3)cs2)cc1. The lowest BCUT2D eigenvalue weighted by molar-refractivity contribution is -0.118. The number of aromatic nitrogens is 1. The molecule has 0 atom stereocenters. The van der Waals surface area contributed by atoms with Gasteiger partial charge < -0.3 is 0 Å². The van der Waals surface area contributed by atoms with E-state index in [0.29, 0.717) is 5.02 Å². The normalized spacial score (nSPS) is 11.0. The molecule has 0 bridgehead atoms. The summed E-state index contributed by atoms with van der Waals surface area (Å²) >= 11 is 8.81. The highest BCUT2D eigenvalue weighted by Crippen LogP contribution is 2.28. The van der Waals surface area contributed by atoms with Gasteiger partial charge in [0.15, 0.2) is 4.34 Å². The predicted octanol–water partition coefficient (Wildman–Crippen LogP) is 5.27. The molecule has 1 aromatic heterocycles. The molecule has 0 radical (unpaired) electrons. The molecule has 1 heterocycles. The number of carbonyl (C=O) groups is 1. The predicted molar refractivity (Wildman–Crippen MR) is 115 cm³/mol. The highest BCUT2D eigenvalue weighted by molar-refractivity contribution is 8.01. The number of carbonyl (C=O) groups excluding carboxylic acids is 1. The van der Waals surface area contributed by atoms with Crippen molar-refractivity contribution in [3.63, 3.8) is 0 Å². The third kappa shape index (κ3) is 5.92. The lowest BCUT2D eigenvalue weighted by Gasteiger charge is -1.99. The van der Waals surface area contributed by atoms with Crippen LogP contribution in [0.1, 0.15) is 18.1 Å². The number of nitrogens with one attached hydrogen (secondary N) is 1. The third-order valence-electron chi connectivity index (χ3n) is 3.74. The smallest absolute Gasteiger partial charge is 0.250 e.